The maximum atomic E-state index is 12.7. The Kier molecular flexibility index (Phi) is 6.29. The van der Waals surface area contributed by atoms with Crippen molar-refractivity contribution in [1.82, 2.24) is 0 Å². The molecule has 1 saturated heterocycles. The van der Waals surface area contributed by atoms with E-state index in [1.807, 2.05) is 6.92 Å². The van der Waals surface area contributed by atoms with Crippen LogP contribution in [0.15, 0.2) is 30.3 Å². The molecule has 6 aliphatic carbocycles. The molecule has 8 rings (SSSR count). The van der Waals surface area contributed by atoms with Gasteiger partial charge in [-0.3, -0.25) is 4.79 Å². The number of rotatable bonds is 4. The number of fused-ring (bicyclic) bond motifs is 5. The number of ether oxygens (including phenoxy) is 1. The van der Waals surface area contributed by atoms with E-state index in [-0.39, 0.29) is 57.0 Å². The molecule has 0 aromatic heterocycles. The summed E-state index contributed by atoms with van der Waals surface area (Å²) in [6.07, 6.45) is 11.6. The monoisotopic (exact) mass is 618 g/mol. The number of carboxylic acids is 1. The standard InChI is InChI=1S/C40H58O5/c1-25-38-15-14-29-35(4)19-18-33(2)16-17-34(3,32(42)43)23-30(33)36(35,5)21-27-12-13-28(39(38,24-41)37(27,29)6)22-40(25,44)45-31(38)20-26-10-8-7-9-11-26/h7-11,25,27-31,41,44H,12-24H2,1-6H3,(H,42,43)/t25-,27+,28-,29-,30-,31+,33-,34-,35-,36+,37-,38-,39+,40+/m1/s1. The van der Waals surface area contributed by atoms with E-state index < -0.39 is 17.2 Å². The van der Waals surface area contributed by atoms with E-state index in [2.05, 4.69) is 65.0 Å². The van der Waals surface area contributed by atoms with Gasteiger partial charge in [0, 0.05) is 23.2 Å². The Morgan fingerprint density at radius 3 is 2.22 bits per heavy atom. The number of aliphatic hydroxyl groups is 2. The lowest BCUT2D eigenvalue weighted by Gasteiger charge is -2.81. The van der Waals surface area contributed by atoms with Crippen LogP contribution >= 0.6 is 0 Å². The van der Waals surface area contributed by atoms with Gasteiger partial charge in [-0.2, -0.15) is 0 Å². The van der Waals surface area contributed by atoms with Crippen molar-refractivity contribution in [3.63, 3.8) is 0 Å². The normalized spacial score (nSPS) is 57.8. The number of benzene rings is 1. The highest BCUT2D eigenvalue weighted by Crippen LogP contribution is 2.87. The highest BCUT2D eigenvalue weighted by molar-refractivity contribution is 5.74. The van der Waals surface area contributed by atoms with E-state index in [0.717, 1.165) is 57.8 Å². The molecule has 0 amide bonds. The first-order chi connectivity index (χ1) is 21.1. The Bertz CT molecular complexity index is 1400. The second-order valence-corrected chi connectivity index (χ2v) is 18.9. The van der Waals surface area contributed by atoms with Crippen LogP contribution in [-0.4, -0.2) is 39.8 Å². The molecule has 1 heterocycles. The number of carbonyl (C=O) groups is 1. The highest BCUT2D eigenvalue weighted by Gasteiger charge is 2.85. The summed E-state index contributed by atoms with van der Waals surface area (Å²) in [5.74, 6) is -0.245. The summed E-state index contributed by atoms with van der Waals surface area (Å²) in [5.41, 5.74) is 0.218. The highest BCUT2D eigenvalue weighted by atomic mass is 16.6. The lowest BCUT2D eigenvalue weighted by atomic mass is 9.22. The predicted molar refractivity (Wildman–Crippen MR) is 174 cm³/mol. The quantitative estimate of drug-likeness (QED) is 0.320. The Hall–Kier alpha value is -1.43. The number of hydrogen-bond acceptors (Lipinski definition) is 4. The molecule has 1 spiro atoms. The van der Waals surface area contributed by atoms with Gasteiger partial charge < -0.3 is 20.1 Å². The van der Waals surface area contributed by atoms with Gasteiger partial charge in [-0.05, 0) is 128 Å². The Labute approximate surface area is 270 Å². The third kappa shape index (κ3) is 3.31. The van der Waals surface area contributed by atoms with Crippen LogP contribution in [0, 0.1) is 67.5 Å². The summed E-state index contributed by atoms with van der Waals surface area (Å²) in [6, 6.07) is 10.7. The maximum absolute atomic E-state index is 12.7. The average molecular weight is 619 g/mol. The van der Waals surface area contributed by atoms with Crippen molar-refractivity contribution >= 4 is 5.97 Å². The number of aliphatic hydroxyl groups excluding tert-OH is 1. The van der Waals surface area contributed by atoms with Gasteiger partial charge in [0.1, 0.15) is 0 Å². The van der Waals surface area contributed by atoms with Gasteiger partial charge in [-0.15, -0.1) is 0 Å². The molecule has 45 heavy (non-hydrogen) atoms. The maximum Gasteiger partial charge on any atom is 0.309 e. The molecular weight excluding hydrogens is 560 g/mol. The lowest BCUT2D eigenvalue weighted by Crippen LogP contribution is -2.79. The number of hydrogen-bond donors (Lipinski definition) is 3. The van der Waals surface area contributed by atoms with Crippen LogP contribution < -0.4 is 0 Å². The number of carboxylic acid groups (broad SMARTS) is 1. The van der Waals surface area contributed by atoms with Crippen molar-refractivity contribution in [1.29, 1.82) is 0 Å². The van der Waals surface area contributed by atoms with E-state index in [1.165, 1.54) is 18.4 Å². The molecule has 7 aliphatic rings. The average Bonchev–Trinajstić information content (AvgIpc) is 3.13. The minimum Gasteiger partial charge on any atom is -0.481 e. The molecular formula is C40H58O5. The smallest absolute Gasteiger partial charge is 0.309 e. The minimum absolute atomic E-state index is 0.0379. The summed E-state index contributed by atoms with van der Waals surface area (Å²) in [6.45, 7) is 14.7. The van der Waals surface area contributed by atoms with Crippen LogP contribution in [0.3, 0.4) is 0 Å². The Balaban J connectivity index is 1.28. The van der Waals surface area contributed by atoms with E-state index in [1.54, 1.807) is 0 Å². The van der Waals surface area contributed by atoms with Crippen molar-refractivity contribution in [2.24, 2.45) is 67.5 Å². The van der Waals surface area contributed by atoms with Gasteiger partial charge in [0.15, 0.2) is 5.79 Å². The van der Waals surface area contributed by atoms with Crippen LogP contribution in [-0.2, 0) is 16.0 Å². The first-order valence-corrected chi connectivity index (χ1v) is 18.4. The zero-order chi connectivity index (χ0) is 32.1. The molecule has 1 aromatic carbocycles. The fraction of sp³-hybridized carbons (Fsp3) is 0.825. The van der Waals surface area contributed by atoms with Crippen LogP contribution in [0.1, 0.15) is 118 Å². The molecule has 0 unspecified atom stereocenters. The molecule has 1 aromatic rings. The summed E-state index contributed by atoms with van der Waals surface area (Å²) < 4.78 is 6.92. The summed E-state index contributed by atoms with van der Waals surface area (Å²) in [7, 11) is 0. The molecule has 1 aliphatic heterocycles. The largest absolute Gasteiger partial charge is 0.481 e. The molecule has 6 saturated carbocycles. The second kappa shape index (κ2) is 9.17. The first kappa shape index (κ1) is 30.9. The molecule has 248 valence electrons. The Morgan fingerprint density at radius 2 is 1.53 bits per heavy atom. The molecule has 5 heteroatoms. The Morgan fingerprint density at radius 1 is 0.844 bits per heavy atom. The van der Waals surface area contributed by atoms with Gasteiger partial charge in [0.2, 0.25) is 0 Å². The van der Waals surface area contributed by atoms with Gasteiger partial charge in [0.05, 0.1) is 18.1 Å². The fourth-order valence-electron chi connectivity index (χ4n) is 15.7. The zero-order valence-electron chi connectivity index (χ0n) is 28.7. The first-order valence-electron chi connectivity index (χ1n) is 18.4. The molecule has 5 nitrogen and oxygen atoms in total. The molecule has 0 radical (unpaired) electrons. The lowest BCUT2D eigenvalue weighted by molar-refractivity contribution is -0.355. The van der Waals surface area contributed by atoms with Gasteiger partial charge in [-0.1, -0.05) is 65.0 Å². The van der Waals surface area contributed by atoms with Gasteiger partial charge in [0.25, 0.3) is 0 Å². The molecule has 3 N–H and O–H groups in total. The van der Waals surface area contributed by atoms with Crippen molar-refractivity contribution in [2.75, 3.05) is 6.61 Å². The summed E-state index contributed by atoms with van der Waals surface area (Å²) in [4.78, 5) is 12.7. The van der Waals surface area contributed by atoms with Crippen molar-refractivity contribution in [3.05, 3.63) is 35.9 Å². The summed E-state index contributed by atoms with van der Waals surface area (Å²) >= 11 is 0. The van der Waals surface area contributed by atoms with E-state index >= 15 is 0 Å². The fourth-order valence-corrected chi connectivity index (χ4v) is 15.7. The summed E-state index contributed by atoms with van der Waals surface area (Å²) in [5, 5.41) is 34.8. The molecule has 7 fully saturated rings. The van der Waals surface area contributed by atoms with E-state index in [4.69, 9.17) is 4.74 Å². The topological polar surface area (TPSA) is 87.0 Å². The van der Waals surface area contributed by atoms with Crippen LogP contribution in [0.25, 0.3) is 0 Å². The van der Waals surface area contributed by atoms with Gasteiger partial charge >= 0.3 is 5.97 Å². The van der Waals surface area contributed by atoms with E-state index in [9.17, 15) is 20.1 Å². The number of aliphatic carboxylic acids is 1. The van der Waals surface area contributed by atoms with Crippen LogP contribution in [0.5, 0.6) is 0 Å². The zero-order valence-corrected chi connectivity index (χ0v) is 28.7. The second-order valence-electron chi connectivity index (χ2n) is 18.9. The van der Waals surface area contributed by atoms with Crippen molar-refractivity contribution in [2.45, 2.75) is 130 Å². The van der Waals surface area contributed by atoms with Crippen molar-refractivity contribution < 1.29 is 24.9 Å². The van der Waals surface area contributed by atoms with Crippen molar-refractivity contribution in [3.8, 4) is 0 Å². The molecule has 14 atom stereocenters. The van der Waals surface area contributed by atoms with Crippen LogP contribution in [0.2, 0.25) is 0 Å². The third-order valence-corrected chi connectivity index (χ3v) is 18.2. The minimum atomic E-state index is -1.14. The SMILES string of the molecule is C[C@@H]1[C@]23CC[C@H]4[C@@]5(C)[C@@H](CC[C@H](C[C@]1(O)O[C@H]2Cc1ccccc1)[C@@]53CO)C[C@@]1(C)[C@@H]2C[C@](C)(C(=O)O)CC[C@]2(C)CC[C@]41C. The van der Waals surface area contributed by atoms with E-state index in [0.29, 0.717) is 24.2 Å². The van der Waals surface area contributed by atoms with Crippen LogP contribution in [0.4, 0.5) is 0 Å². The van der Waals surface area contributed by atoms with Gasteiger partial charge in [-0.25, -0.2) is 0 Å². The molecule has 2 bridgehead atoms. The predicted octanol–water partition coefficient (Wildman–Crippen LogP) is 7.87. The third-order valence-electron chi connectivity index (χ3n) is 18.2.